The summed E-state index contributed by atoms with van der Waals surface area (Å²) < 4.78 is 11.2. The number of thiazole rings is 2. The predicted molar refractivity (Wildman–Crippen MR) is 108 cm³/mol. The van der Waals surface area contributed by atoms with E-state index in [4.69, 9.17) is 9.05 Å². The number of nitrogens with one attached hydrogen (secondary N) is 2. The first kappa shape index (κ1) is 18.9. The summed E-state index contributed by atoms with van der Waals surface area (Å²) in [6.45, 7) is 0. The van der Waals surface area contributed by atoms with E-state index in [2.05, 4.69) is 62.8 Å². The Morgan fingerprint density at radius 1 is 0.821 bits per heavy atom. The van der Waals surface area contributed by atoms with Crippen LogP contribution in [0.5, 0.6) is 0 Å². The largest absolute Gasteiger partial charge is 0.353 e. The van der Waals surface area contributed by atoms with Gasteiger partial charge in [0.05, 0.1) is 0 Å². The molecule has 0 saturated heterocycles. The number of carbonyl (C=O) groups excluding carboxylic acids is 2. The summed E-state index contributed by atoms with van der Waals surface area (Å²) in [7, 11) is 0. The molecule has 4 heterocycles. The average Bonchev–Trinajstić information content (AvgIpc) is 3.42. The number of aromatic nitrogens is 4. The molecule has 4 aromatic heterocycles. The molecule has 0 aliphatic heterocycles. The summed E-state index contributed by atoms with van der Waals surface area (Å²) in [5.41, 5.74) is 0.975. The molecule has 0 fully saturated rings. The van der Waals surface area contributed by atoms with E-state index in [-0.39, 0.29) is 10.3 Å². The van der Waals surface area contributed by atoms with Crippen LogP contribution in [0.2, 0.25) is 0 Å². The summed E-state index contributed by atoms with van der Waals surface area (Å²) in [5, 5.41) is 16.1. The fourth-order valence-corrected chi connectivity index (χ4v) is 3.90. The van der Waals surface area contributed by atoms with Crippen LogP contribution in [0.15, 0.2) is 41.1 Å². The van der Waals surface area contributed by atoms with E-state index in [9.17, 15) is 9.59 Å². The van der Waals surface area contributed by atoms with Gasteiger partial charge in [-0.2, -0.15) is 0 Å². The maximum atomic E-state index is 12.1. The highest BCUT2D eigenvalue weighted by Gasteiger charge is 2.19. The SMILES string of the molecule is O=C(Nc1nc(-c2cc(Br)no2)cs1)C(=O)Nc1nc(-c2cc(Br)no2)cs1. The molecule has 0 aromatic carbocycles. The third-order valence-corrected chi connectivity index (χ3v) is 5.39. The third-order valence-electron chi connectivity index (χ3n) is 3.12. The lowest BCUT2D eigenvalue weighted by atomic mass is 10.4. The van der Waals surface area contributed by atoms with Gasteiger partial charge in [-0.25, -0.2) is 9.97 Å². The van der Waals surface area contributed by atoms with Crippen molar-refractivity contribution in [2.45, 2.75) is 0 Å². The second kappa shape index (κ2) is 7.90. The van der Waals surface area contributed by atoms with E-state index < -0.39 is 11.8 Å². The van der Waals surface area contributed by atoms with Gasteiger partial charge in [-0.3, -0.25) is 20.2 Å². The second-order valence-electron chi connectivity index (χ2n) is 5.01. The first-order valence-corrected chi connectivity index (χ1v) is 10.6. The van der Waals surface area contributed by atoms with Gasteiger partial charge in [0, 0.05) is 22.9 Å². The zero-order valence-corrected chi connectivity index (χ0v) is 18.1. The van der Waals surface area contributed by atoms with Crippen LogP contribution in [0, 0.1) is 0 Å². The molecular formula is C14H6Br2N6O4S2. The van der Waals surface area contributed by atoms with Crippen molar-refractivity contribution in [3.63, 3.8) is 0 Å². The maximum Gasteiger partial charge on any atom is 0.315 e. The first-order chi connectivity index (χ1) is 13.5. The number of rotatable bonds is 4. The number of hydrogen-bond acceptors (Lipinski definition) is 10. The van der Waals surface area contributed by atoms with E-state index in [1.807, 2.05) is 0 Å². The van der Waals surface area contributed by atoms with Crippen molar-refractivity contribution in [1.82, 2.24) is 20.3 Å². The fourth-order valence-electron chi connectivity index (χ4n) is 1.95. The lowest BCUT2D eigenvalue weighted by Crippen LogP contribution is -2.28. The number of halogens is 2. The number of anilines is 2. The molecule has 0 unspecified atom stereocenters. The molecule has 10 nitrogen and oxygen atoms in total. The Morgan fingerprint density at radius 2 is 1.25 bits per heavy atom. The summed E-state index contributed by atoms with van der Waals surface area (Å²) >= 11 is 8.65. The highest BCUT2D eigenvalue weighted by atomic mass is 79.9. The molecule has 0 aliphatic carbocycles. The second-order valence-corrected chi connectivity index (χ2v) is 8.35. The predicted octanol–water partition coefficient (Wildman–Crippen LogP) is 4.01. The van der Waals surface area contributed by atoms with Gasteiger partial charge in [0.2, 0.25) is 0 Å². The van der Waals surface area contributed by atoms with Crippen LogP contribution in [0.4, 0.5) is 10.3 Å². The standard InChI is InChI=1S/C14H6Br2N6O4S2/c15-9-1-7(25-21-9)5-3-27-13(17-5)19-11(23)12(24)20-14-18-6(4-28-14)8-2-10(16)22-26-8/h1-4H,(H,17,19,23)(H,18,20,24). The Morgan fingerprint density at radius 3 is 1.61 bits per heavy atom. The molecule has 0 spiro atoms. The number of carbonyl (C=O) groups is 2. The molecule has 4 rings (SSSR count). The van der Waals surface area contributed by atoms with Gasteiger partial charge >= 0.3 is 11.8 Å². The van der Waals surface area contributed by atoms with Crippen molar-refractivity contribution in [3.05, 3.63) is 32.1 Å². The minimum Gasteiger partial charge on any atom is -0.353 e. The molecule has 0 aliphatic rings. The molecule has 14 heteroatoms. The molecule has 28 heavy (non-hydrogen) atoms. The molecule has 2 N–H and O–H groups in total. The molecule has 4 aromatic rings. The molecule has 2 amide bonds. The quantitative estimate of drug-likeness (QED) is 0.367. The minimum absolute atomic E-state index is 0.244. The van der Waals surface area contributed by atoms with Crippen molar-refractivity contribution in [1.29, 1.82) is 0 Å². The molecule has 0 radical (unpaired) electrons. The van der Waals surface area contributed by atoms with Crippen molar-refractivity contribution in [2.24, 2.45) is 0 Å². The Hall–Kier alpha value is -2.42. The normalized spacial score (nSPS) is 10.8. The Kier molecular flexibility index (Phi) is 5.34. The fraction of sp³-hybridized carbons (Fsp3) is 0. The van der Waals surface area contributed by atoms with Crippen LogP contribution >= 0.6 is 54.5 Å². The number of nitrogens with zero attached hydrogens (tertiary/aromatic N) is 4. The maximum absolute atomic E-state index is 12.1. The molecule has 0 atom stereocenters. The first-order valence-electron chi connectivity index (χ1n) is 7.26. The van der Waals surface area contributed by atoms with Crippen LogP contribution in [0.3, 0.4) is 0 Å². The molecule has 0 bridgehead atoms. The van der Waals surface area contributed by atoms with E-state index >= 15 is 0 Å². The highest BCUT2D eigenvalue weighted by molar-refractivity contribution is 9.10. The highest BCUT2D eigenvalue weighted by Crippen LogP contribution is 2.28. The molecular weight excluding hydrogens is 540 g/mol. The summed E-state index contributed by atoms with van der Waals surface area (Å²) in [6, 6.07) is 3.28. The lowest BCUT2D eigenvalue weighted by Gasteiger charge is -2.01. The summed E-state index contributed by atoms with van der Waals surface area (Å²) in [5.74, 6) is -0.887. The van der Waals surface area contributed by atoms with Crippen molar-refractivity contribution in [2.75, 3.05) is 10.6 Å². The van der Waals surface area contributed by atoms with Gasteiger partial charge in [-0.15, -0.1) is 22.7 Å². The number of hydrogen-bond donors (Lipinski definition) is 2. The van der Waals surface area contributed by atoms with Gasteiger partial charge in [0.25, 0.3) is 0 Å². The van der Waals surface area contributed by atoms with E-state index in [1.54, 1.807) is 22.9 Å². The summed E-state index contributed by atoms with van der Waals surface area (Å²) in [6.07, 6.45) is 0. The van der Waals surface area contributed by atoms with Crippen LogP contribution < -0.4 is 10.6 Å². The van der Waals surface area contributed by atoms with E-state index in [0.717, 1.165) is 22.7 Å². The van der Waals surface area contributed by atoms with Crippen LogP contribution in [-0.4, -0.2) is 32.1 Å². The number of amides is 2. The van der Waals surface area contributed by atoms with Gasteiger partial charge in [-0.05, 0) is 31.9 Å². The minimum atomic E-state index is -0.876. The van der Waals surface area contributed by atoms with Crippen molar-refractivity contribution in [3.8, 4) is 22.9 Å². The van der Waals surface area contributed by atoms with E-state index in [0.29, 0.717) is 32.1 Å². The molecule has 0 saturated carbocycles. The van der Waals surface area contributed by atoms with E-state index in [1.165, 1.54) is 0 Å². The van der Waals surface area contributed by atoms with Gasteiger partial charge in [0.15, 0.2) is 21.8 Å². The van der Waals surface area contributed by atoms with Gasteiger partial charge < -0.3 is 9.05 Å². The summed E-state index contributed by atoms with van der Waals surface area (Å²) in [4.78, 5) is 32.5. The smallest absolute Gasteiger partial charge is 0.315 e. The average molecular weight is 546 g/mol. The van der Waals surface area contributed by atoms with Gasteiger partial charge in [-0.1, -0.05) is 10.3 Å². The van der Waals surface area contributed by atoms with Crippen molar-refractivity contribution >= 4 is 76.6 Å². The van der Waals surface area contributed by atoms with Crippen LogP contribution in [0.1, 0.15) is 0 Å². The van der Waals surface area contributed by atoms with Crippen LogP contribution in [-0.2, 0) is 9.59 Å². The lowest BCUT2D eigenvalue weighted by molar-refractivity contribution is -0.132. The monoisotopic (exact) mass is 544 g/mol. The molecule has 142 valence electrons. The Labute approximate surface area is 180 Å². The third kappa shape index (κ3) is 4.19. The van der Waals surface area contributed by atoms with Crippen molar-refractivity contribution < 1.29 is 18.6 Å². The topological polar surface area (TPSA) is 136 Å². The van der Waals surface area contributed by atoms with Crippen LogP contribution in [0.25, 0.3) is 22.9 Å². The van der Waals surface area contributed by atoms with Gasteiger partial charge in [0.1, 0.15) is 20.6 Å². The zero-order chi connectivity index (χ0) is 19.7. The Bertz CT molecular complexity index is 1080. The Balaban J connectivity index is 1.38. The zero-order valence-electron chi connectivity index (χ0n) is 13.3.